The van der Waals surface area contributed by atoms with Gasteiger partial charge in [-0.2, -0.15) is 0 Å². The highest BCUT2D eigenvalue weighted by atomic mass is 19.1. The molecule has 1 aliphatic rings. The number of nitrogens with zero attached hydrogens (tertiary/aromatic N) is 2. The summed E-state index contributed by atoms with van der Waals surface area (Å²) in [5.41, 5.74) is 0.430. The molecule has 0 saturated carbocycles. The molecule has 29 heavy (non-hydrogen) atoms. The number of hydrogen-bond acceptors (Lipinski definition) is 5. The zero-order chi connectivity index (χ0) is 20.6. The van der Waals surface area contributed by atoms with E-state index >= 15 is 0 Å². The van der Waals surface area contributed by atoms with Gasteiger partial charge in [0.15, 0.2) is 6.61 Å². The van der Waals surface area contributed by atoms with E-state index in [1.54, 1.807) is 48.4 Å². The number of methoxy groups -OCH3 is 1. The fraction of sp³-hybridized carbons (Fsp3) is 0.333. The molecule has 0 unspecified atom stereocenters. The molecule has 7 nitrogen and oxygen atoms in total. The Morgan fingerprint density at radius 3 is 2.38 bits per heavy atom. The molecule has 0 bridgehead atoms. The lowest BCUT2D eigenvalue weighted by molar-refractivity contribution is -0.135. The van der Waals surface area contributed by atoms with E-state index in [0.717, 1.165) is 5.75 Å². The summed E-state index contributed by atoms with van der Waals surface area (Å²) in [6.45, 7) is 2.39. The summed E-state index contributed by atoms with van der Waals surface area (Å²) in [7, 11) is 1.59. The first kappa shape index (κ1) is 20.6. The number of benzene rings is 2. The summed E-state index contributed by atoms with van der Waals surface area (Å²) in [5.74, 6) is 0.628. The third-order valence-electron chi connectivity index (χ3n) is 4.62. The van der Waals surface area contributed by atoms with Gasteiger partial charge in [-0.05, 0) is 42.5 Å². The van der Waals surface area contributed by atoms with Gasteiger partial charge in [0, 0.05) is 31.9 Å². The Morgan fingerprint density at radius 2 is 1.72 bits per heavy atom. The lowest BCUT2D eigenvalue weighted by Gasteiger charge is -2.34. The molecule has 1 aliphatic heterocycles. The lowest BCUT2D eigenvalue weighted by Crippen LogP contribution is -2.51. The molecule has 154 valence electrons. The first-order valence-corrected chi connectivity index (χ1v) is 9.36. The van der Waals surface area contributed by atoms with E-state index in [0.29, 0.717) is 37.6 Å². The Morgan fingerprint density at radius 1 is 1.03 bits per heavy atom. The topological polar surface area (TPSA) is 71.1 Å². The Labute approximate surface area is 169 Å². The molecule has 1 N–H and O–H groups in total. The van der Waals surface area contributed by atoms with Crippen molar-refractivity contribution in [3.63, 3.8) is 0 Å². The van der Waals surface area contributed by atoms with Gasteiger partial charge in [0.1, 0.15) is 17.3 Å². The van der Waals surface area contributed by atoms with E-state index in [1.807, 2.05) is 4.90 Å². The highest BCUT2D eigenvalue weighted by Crippen LogP contribution is 2.17. The van der Waals surface area contributed by atoms with Crippen LogP contribution in [0.3, 0.4) is 0 Å². The first-order chi connectivity index (χ1) is 14.0. The maximum Gasteiger partial charge on any atom is 0.260 e. The van der Waals surface area contributed by atoms with Crippen molar-refractivity contribution in [1.29, 1.82) is 0 Å². The molecule has 2 amide bonds. The number of anilines is 1. The van der Waals surface area contributed by atoms with Crippen LogP contribution in [0, 0.1) is 5.82 Å². The van der Waals surface area contributed by atoms with Crippen LogP contribution in [-0.4, -0.2) is 68.1 Å². The zero-order valence-electron chi connectivity index (χ0n) is 16.3. The summed E-state index contributed by atoms with van der Waals surface area (Å²) in [6.07, 6.45) is 0. The van der Waals surface area contributed by atoms with E-state index in [4.69, 9.17) is 9.47 Å². The van der Waals surface area contributed by atoms with Crippen LogP contribution in [-0.2, 0) is 9.59 Å². The van der Waals surface area contributed by atoms with Gasteiger partial charge in [0.05, 0.1) is 13.7 Å². The SMILES string of the molecule is COc1ccc(OCC(=O)N2CCN(CC(=O)Nc3cccc(F)c3)CC2)cc1. The van der Waals surface area contributed by atoms with Crippen molar-refractivity contribution >= 4 is 17.5 Å². The number of carbonyl (C=O) groups excluding carboxylic acids is 2. The number of rotatable bonds is 7. The molecule has 2 aromatic carbocycles. The van der Waals surface area contributed by atoms with Gasteiger partial charge in [-0.25, -0.2) is 4.39 Å². The number of hydrogen-bond donors (Lipinski definition) is 1. The van der Waals surface area contributed by atoms with E-state index in [2.05, 4.69) is 5.32 Å². The quantitative estimate of drug-likeness (QED) is 0.769. The van der Waals surface area contributed by atoms with E-state index in [1.165, 1.54) is 12.1 Å². The monoisotopic (exact) mass is 401 g/mol. The maximum atomic E-state index is 13.2. The molecule has 0 atom stereocenters. The van der Waals surface area contributed by atoms with Crippen LogP contribution in [0.15, 0.2) is 48.5 Å². The van der Waals surface area contributed by atoms with Crippen molar-refractivity contribution in [2.24, 2.45) is 0 Å². The van der Waals surface area contributed by atoms with Crippen molar-refractivity contribution in [1.82, 2.24) is 9.80 Å². The van der Waals surface area contributed by atoms with Gasteiger partial charge in [0.25, 0.3) is 5.91 Å². The zero-order valence-corrected chi connectivity index (χ0v) is 16.3. The molecule has 0 spiro atoms. The van der Waals surface area contributed by atoms with Crippen LogP contribution >= 0.6 is 0 Å². The van der Waals surface area contributed by atoms with Gasteiger partial charge in [0.2, 0.25) is 5.91 Å². The third kappa shape index (κ3) is 6.18. The normalized spacial score (nSPS) is 14.3. The summed E-state index contributed by atoms with van der Waals surface area (Å²) >= 11 is 0. The second kappa shape index (κ2) is 9.88. The molecule has 0 radical (unpaired) electrons. The number of ether oxygens (including phenoxy) is 2. The number of halogens is 1. The largest absolute Gasteiger partial charge is 0.497 e. The van der Waals surface area contributed by atoms with Gasteiger partial charge in [-0.1, -0.05) is 6.07 Å². The third-order valence-corrected chi connectivity index (χ3v) is 4.62. The Balaban J connectivity index is 1.38. The molecule has 1 heterocycles. The number of piperazine rings is 1. The van der Waals surface area contributed by atoms with Crippen LogP contribution in [0.5, 0.6) is 11.5 Å². The second-order valence-electron chi connectivity index (χ2n) is 6.68. The molecule has 2 aromatic rings. The van der Waals surface area contributed by atoms with Crippen molar-refractivity contribution < 1.29 is 23.5 Å². The van der Waals surface area contributed by atoms with E-state index in [9.17, 15) is 14.0 Å². The highest BCUT2D eigenvalue weighted by Gasteiger charge is 2.22. The average molecular weight is 401 g/mol. The predicted molar refractivity (Wildman–Crippen MR) is 107 cm³/mol. The molecular weight excluding hydrogens is 377 g/mol. The van der Waals surface area contributed by atoms with Crippen LogP contribution < -0.4 is 14.8 Å². The first-order valence-electron chi connectivity index (χ1n) is 9.36. The fourth-order valence-electron chi connectivity index (χ4n) is 3.03. The molecule has 0 aromatic heterocycles. The van der Waals surface area contributed by atoms with E-state index < -0.39 is 5.82 Å². The highest BCUT2D eigenvalue weighted by molar-refractivity contribution is 5.92. The predicted octanol–water partition coefficient (Wildman–Crippen LogP) is 2.00. The van der Waals surface area contributed by atoms with Crippen LogP contribution in [0.4, 0.5) is 10.1 Å². The minimum atomic E-state index is -0.396. The number of nitrogens with one attached hydrogen (secondary N) is 1. The summed E-state index contributed by atoms with van der Waals surface area (Å²) in [5, 5.41) is 2.68. The molecular formula is C21H24FN3O4. The summed E-state index contributed by atoms with van der Waals surface area (Å²) in [6, 6.07) is 12.8. The van der Waals surface area contributed by atoms with Gasteiger partial charge in [-0.15, -0.1) is 0 Å². The van der Waals surface area contributed by atoms with Crippen molar-refractivity contribution in [2.45, 2.75) is 0 Å². The summed E-state index contributed by atoms with van der Waals surface area (Å²) in [4.78, 5) is 28.2. The van der Waals surface area contributed by atoms with Gasteiger partial charge < -0.3 is 19.7 Å². The van der Waals surface area contributed by atoms with Crippen molar-refractivity contribution in [3.05, 3.63) is 54.3 Å². The molecule has 8 heteroatoms. The van der Waals surface area contributed by atoms with Crippen molar-refractivity contribution in [2.75, 3.05) is 51.8 Å². The summed E-state index contributed by atoms with van der Waals surface area (Å²) < 4.78 is 23.8. The van der Waals surface area contributed by atoms with Crippen molar-refractivity contribution in [3.8, 4) is 11.5 Å². The van der Waals surface area contributed by atoms with Crippen LogP contribution in [0.25, 0.3) is 0 Å². The molecule has 3 rings (SSSR count). The minimum Gasteiger partial charge on any atom is -0.497 e. The molecule has 1 fully saturated rings. The second-order valence-corrected chi connectivity index (χ2v) is 6.68. The molecule has 1 saturated heterocycles. The Hall–Kier alpha value is -3.13. The minimum absolute atomic E-state index is 0.0353. The smallest absolute Gasteiger partial charge is 0.260 e. The van der Waals surface area contributed by atoms with Gasteiger partial charge in [-0.3, -0.25) is 14.5 Å². The Kier molecular flexibility index (Phi) is 7.02. The van der Waals surface area contributed by atoms with Crippen LogP contribution in [0.1, 0.15) is 0 Å². The number of carbonyl (C=O) groups is 2. The Bertz CT molecular complexity index is 836. The number of amides is 2. The average Bonchev–Trinajstić information content (AvgIpc) is 2.73. The standard InChI is InChI=1S/C21H24FN3O4/c1-28-18-5-7-19(8-6-18)29-15-21(27)25-11-9-24(10-12-25)14-20(26)23-17-4-2-3-16(22)13-17/h2-8,13H,9-12,14-15H2,1H3,(H,23,26). The van der Waals surface area contributed by atoms with Crippen LogP contribution in [0.2, 0.25) is 0 Å². The maximum absolute atomic E-state index is 13.2. The van der Waals surface area contributed by atoms with Gasteiger partial charge >= 0.3 is 0 Å². The molecule has 0 aliphatic carbocycles. The fourth-order valence-corrected chi connectivity index (χ4v) is 3.03. The lowest BCUT2D eigenvalue weighted by atomic mass is 10.3. The van der Waals surface area contributed by atoms with E-state index in [-0.39, 0.29) is 25.0 Å².